The highest BCUT2D eigenvalue weighted by molar-refractivity contribution is 5.17. The lowest BCUT2D eigenvalue weighted by molar-refractivity contribution is -0.954. The van der Waals surface area contributed by atoms with E-state index in [1.807, 2.05) is 0 Å². The van der Waals surface area contributed by atoms with Crippen LogP contribution in [-0.2, 0) is 0 Å². The van der Waals surface area contributed by atoms with Crippen LogP contribution in [0.15, 0.2) is 24.4 Å². The predicted octanol–water partition coefficient (Wildman–Crippen LogP) is 1.44. The zero-order chi connectivity index (χ0) is 12.9. The molecule has 4 saturated heterocycles. The molecule has 104 valence electrons. The van der Waals surface area contributed by atoms with Gasteiger partial charge >= 0.3 is 0 Å². The number of piperazine rings is 3. The molecular weight excluding hydrogens is 234 g/mol. The Hall–Kier alpha value is -0.800. The van der Waals surface area contributed by atoms with Crippen molar-refractivity contribution in [3.63, 3.8) is 0 Å². The Bertz CT molecular complexity index is 406. The largest absolute Gasteiger partial charge is 0.374 e. The number of quaternary nitrogens is 1. The second-order valence-electron chi connectivity index (χ2n) is 6.88. The fraction of sp³-hybridized carbons (Fsp3) is 0.750. The van der Waals surface area contributed by atoms with Gasteiger partial charge in [0.15, 0.2) is 0 Å². The first-order valence-corrected chi connectivity index (χ1v) is 7.96. The molecular formula is C16H26N3+. The van der Waals surface area contributed by atoms with Crippen molar-refractivity contribution in [3.8, 4) is 0 Å². The zero-order valence-corrected chi connectivity index (χ0v) is 11.9. The van der Waals surface area contributed by atoms with Crippen LogP contribution in [0.2, 0.25) is 0 Å². The normalized spacial score (nSPS) is 44.3. The Morgan fingerprint density at radius 1 is 1.26 bits per heavy atom. The average Bonchev–Trinajstić information content (AvgIpc) is 2.42. The maximum atomic E-state index is 4.02. The molecule has 19 heavy (non-hydrogen) atoms. The van der Waals surface area contributed by atoms with Gasteiger partial charge in [0.2, 0.25) is 0 Å². The van der Waals surface area contributed by atoms with Gasteiger partial charge in [-0.05, 0) is 25.3 Å². The van der Waals surface area contributed by atoms with E-state index in [2.05, 4.69) is 28.7 Å². The molecule has 2 unspecified atom stereocenters. The molecule has 3 nitrogen and oxygen atoms in total. The SMILES string of the molecule is C=CC[N+]12CCN(CC1)CC2C1=CN2CCC2CC1. The van der Waals surface area contributed by atoms with Gasteiger partial charge in [0.25, 0.3) is 0 Å². The lowest BCUT2D eigenvalue weighted by Gasteiger charge is -2.57. The molecule has 0 amide bonds. The third kappa shape index (κ3) is 1.78. The summed E-state index contributed by atoms with van der Waals surface area (Å²) in [5, 5.41) is 0. The molecule has 5 heterocycles. The van der Waals surface area contributed by atoms with Crippen molar-refractivity contribution in [1.82, 2.24) is 9.80 Å². The predicted molar refractivity (Wildman–Crippen MR) is 77.7 cm³/mol. The highest BCUT2D eigenvalue weighted by atomic mass is 15.5. The van der Waals surface area contributed by atoms with Gasteiger partial charge in [-0.2, -0.15) is 0 Å². The van der Waals surface area contributed by atoms with Crippen LogP contribution in [0.1, 0.15) is 19.3 Å². The van der Waals surface area contributed by atoms with Crippen LogP contribution in [0.4, 0.5) is 0 Å². The van der Waals surface area contributed by atoms with E-state index in [4.69, 9.17) is 0 Å². The van der Waals surface area contributed by atoms with Crippen LogP contribution in [0.3, 0.4) is 0 Å². The number of hydrogen-bond acceptors (Lipinski definition) is 2. The van der Waals surface area contributed by atoms with Gasteiger partial charge in [0.1, 0.15) is 6.04 Å². The Balaban J connectivity index is 1.61. The maximum absolute atomic E-state index is 4.02. The van der Waals surface area contributed by atoms with Crippen molar-refractivity contribution in [2.45, 2.75) is 31.3 Å². The molecule has 0 aromatic rings. The molecule has 0 aromatic carbocycles. The van der Waals surface area contributed by atoms with Crippen molar-refractivity contribution in [2.75, 3.05) is 45.8 Å². The number of fused-ring (bicyclic) bond motifs is 4. The topological polar surface area (TPSA) is 6.48 Å². The number of hydrogen-bond donors (Lipinski definition) is 0. The van der Waals surface area contributed by atoms with Gasteiger partial charge in [-0.25, -0.2) is 0 Å². The second kappa shape index (κ2) is 4.35. The quantitative estimate of drug-likeness (QED) is 0.560. The van der Waals surface area contributed by atoms with Crippen molar-refractivity contribution >= 4 is 0 Å². The number of nitrogens with zero attached hydrogens (tertiary/aromatic N) is 3. The molecule has 4 fully saturated rings. The third-order valence-corrected chi connectivity index (χ3v) is 6.02. The summed E-state index contributed by atoms with van der Waals surface area (Å²) in [7, 11) is 0. The van der Waals surface area contributed by atoms with E-state index in [1.165, 1.54) is 69.6 Å². The number of rotatable bonds is 3. The van der Waals surface area contributed by atoms with E-state index in [-0.39, 0.29) is 0 Å². The molecule has 0 spiro atoms. The standard InChI is InChI=1S/C16H26N3/c1-2-9-19-10-7-17(8-11-19)13-16(19)14-3-4-15-5-6-18(15)12-14/h2,12,15-16H,1,3-11,13H2/q+1. The summed E-state index contributed by atoms with van der Waals surface area (Å²) >= 11 is 0. The Labute approximate surface area is 116 Å². The molecule has 0 N–H and O–H groups in total. The van der Waals surface area contributed by atoms with Crippen LogP contribution in [0.25, 0.3) is 0 Å². The van der Waals surface area contributed by atoms with Gasteiger partial charge in [-0.3, -0.25) is 4.90 Å². The van der Waals surface area contributed by atoms with E-state index < -0.39 is 0 Å². The van der Waals surface area contributed by atoms with Crippen molar-refractivity contribution in [2.24, 2.45) is 0 Å². The molecule has 0 aliphatic carbocycles. The minimum Gasteiger partial charge on any atom is -0.374 e. The van der Waals surface area contributed by atoms with Crippen LogP contribution >= 0.6 is 0 Å². The molecule has 3 heteroatoms. The molecule has 0 saturated carbocycles. The second-order valence-corrected chi connectivity index (χ2v) is 6.88. The highest BCUT2D eigenvalue weighted by Gasteiger charge is 2.48. The molecule has 0 radical (unpaired) electrons. The van der Waals surface area contributed by atoms with Crippen LogP contribution in [0, 0.1) is 0 Å². The first-order valence-electron chi connectivity index (χ1n) is 7.96. The Kier molecular flexibility index (Phi) is 2.75. The van der Waals surface area contributed by atoms with Crippen molar-refractivity contribution < 1.29 is 4.48 Å². The van der Waals surface area contributed by atoms with Gasteiger partial charge in [-0.1, -0.05) is 6.58 Å². The Morgan fingerprint density at radius 3 is 2.74 bits per heavy atom. The summed E-state index contributed by atoms with van der Waals surface area (Å²) in [6.07, 6.45) is 8.86. The van der Waals surface area contributed by atoms with Crippen LogP contribution in [0.5, 0.6) is 0 Å². The maximum Gasteiger partial charge on any atom is 0.125 e. The summed E-state index contributed by atoms with van der Waals surface area (Å²) in [6.45, 7) is 13.0. The smallest absolute Gasteiger partial charge is 0.125 e. The minimum absolute atomic E-state index is 0.752. The monoisotopic (exact) mass is 260 g/mol. The minimum atomic E-state index is 0.752. The van der Waals surface area contributed by atoms with Crippen LogP contribution < -0.4 is 0 Å². The van der Waals surface area contributed by atoms with Gasteiger partial charge in [-0.15, -0.1) is 0 Å². The molecule has 0 aromatic heterocycles. The molecule has 5 aliphatic heterocycles. The van der Waals surface area contributed by atoms with Crippen molar-refractivity contribution in [3.05, 3.63) is 24.4 Å². The summed E-state index contributed by atoms with van der Waals surface area (Å²) in [5.41, 5.74) is 1.74. The van der Waals surface area contributed by atoms with E-state index in [0.29, 0.717) is 0 Å². The fourth-order valence-corrected chi connectivity index (χ4v) is 4.66. The summed E-state index contributed by atoms with van der Waals surface area (Å²) < 4.78 is 1.30. The first-order chi connectivity index (χ1) is 9.31. The summed E-state index contributed by atoms with van der Waals surface area (Å²) in [4.78, 5) is 5.28. The molecule has 2 bridgehead atoms. The van der Waals surface area contributed by atoms with E-state index in [9.17, 15) is 0 Å². The lowest BCUT2D eigenvalue weighted by Crippen LogP contribution is -2.73. The lowest BCUT2D eigenvalue weighted by atomic mass is 9.85. The molecule has 5 rings (SSSR count). The van der Waals surface area contributed by atoms with E-state index in [1.54, 1.807) is 5.57 Å². The van der Waals surface area contributed by atoms with Gasteiger partial charge < -0.3 is 9.38 Å². The fourth-order valence-electron chi connectivity index (χ4n) is 4.66. The third-order valence-electron chi connectivity index (χ3n) is 6.02. The van der Waals surface area contributed by atoms with E-state index >= 15 is 0 Å². The molecule has 5 aliphatic rings. The molecule has 2 atom stereocenters. The van der Waals surface area contributed by atoms with Gasteiger partial charge in [0, 0.05) is 37.4 Å². The average molecular weight is 260 g/mol. The summed E-state index contributed by atoms with van der Waals surface area (Å²) in [6, 6.07) is 1.63. The van der Waals surface area contributed by atoms with Crippen molar-refractivity contribution in [1.29, 1.82) is 0 Å². The summed E-state index contributed by atoms with van der Waals surface area (Å²) in [5.74, 6) is 0. The zero-order valence-electron chi connectivity index (χ0n) is 11.9. The highest BCUT2D eigenvalue weighted by Crippen LogP contribution is 2.37. The first kappa shape index (κ1) is 12.0. The van der Waals surface area contributed by atoms with Crippen LogP contribution in [-0.4, -0.2) is 72.2 Å². The van der Waals surface area contributed by atoms with E-state index in [0.717, 1.165) is 12.1 Å². The van der Waals surface area contributed by atoms with Gasteiger partial charge in [0.05, 0.1) is 26.2 Å². The Morgan fingerprint density at radius 2 is 2.11 bits per heavy atom.